The lowest BCUT2D eigenvalue weighted by atomic mass is 9.95. The molecule has 0 aromatic heterocycles. The molecule has 1 aromatic carbocycles. The summed E-state index contributed by atoms with van der Waals surface area (Å²) in [5.41, 5.74) is 10.0. The fraction of sp³-hybridized carbons (Fsp3) is 0.625. The fourth-order valence-corrected chi connectivity index (χ4v) is 2.84. The molecule has 1 aliphatic rings. The van der Waals surface area contributed by atoms with Gasteiger partial charge in [0.25, 0.3) is 0 Å². The lowest BCUT2D eigenvalue weighted by molar-refractivity contribution is 0.421. The molecule has 0 bridgehead atoms. The Kier molecular flexibility index (Phi) is 4.41. The number of rotatable bonds is 6. The quantitative estimate of drug-likeness (QED) is 0.810. The van der Waals surface area contributed by atoms with Gasteiger partial charge in [0, 0.05) is 12.6 Å². The topological polar surface area (TPSA) is 38.0 Å². The highest BCUT2D eigenvalue weighted by molar-refractivity contribution is 5.36. The van der Waals surface area contributed by atoms with Gasteiger partial charge >= 0.3 is 0 Å². The zero-order chi connectivity index (χ0) is 13.1. The SMILES string of the molecule is Cc1cccc(C)c1C(CN)NCC(C)C1CC1. The molecule has 18 heavy (non-hydrogen) atoms. The molecule has 2 rings (SSSR count). The molecule has 0 radical (unpaired) electrons. The molecule has 2 heteroatoms. The Morgan fingerprint density at radius 2 is 1.89 bits per heavy atom. The first-order valence-electron chi connectivity index (χ1n) is 7.13. The van der Waals surface area contributed by atoms with Crippen LogP contribution in [0.1, 0.15) is 42.5 Å². The third-order valence-electron chi connectivity index (χ3n) is 4.24. The van der Waals surface area contributed by atoms with Gasteiger partial charge in [-0.05, 0) is 61.8 Å². The number of nitrogens with one attached hydrogen (secondary N) is 1. The molecule has 0 amide bonds. The van der Waals surface area contributed by atoms with Gasteiger partial charge in [-0.15, -0.1) is 0 Å². The summed E-state index contributed by atoms with van der Waals surface area (Å²) in [5, 5.41) is 3.66. The maximum absolute atomic E-state index is 5.96. The van der Waals surface area contributed by atoms with Gasteiger partial charge in [-0.1, -0.05) is 25.1 Å². The monoisotopic (exact) mass is 246 g/mol. The summed E-state index contributed by atoms with van der Waals surface area (Å²) >= 11 is 0. The molecule has 1 saturated carbocycles. The van der Waals surface area contributed by atoms with Crippen molar-refractivity contribution >= 4 is 0 Å². The van der Waals surface area contributed by atoms with Crippen molar-refractivity contribution in [2.24, 2.45) is 17.6 Å². The van der Waals surface area contributed by atoms with Crippen LogP contribution in [0.4, 0.5) is 0 Å². The standard InChI is InChI=1S/C16H26N2/c1-11-5-4-6-12(2)16(11)15(9-17)18-10-13(3)14-7-8-14/h4-6,13-15,18H,7-10,17H2,1-3H3. The average Bonchev–Trinajstić information content (AvgIpc) is 3.16. The number of nitrogens with two attached hydrogens (primary N) is 1. The first kappa shape index (κ1) is 13.6. The molecule has 2 atom stereocenters. The summed E-state index contributed by atoms with van der Waals surface area (Å²) in [6, 6.07) is 6.77. The van der Waals surface area contributed by atoms with Crippen LogP contribution in [0, 0.1) is 25.7 Å². The molecule has 0 heterocycles. The number of aryl methyl sites for hydroxylation is 2. The highest BCUT2D eigenvalue weighted by atomic mass is 14.9. The molecule has 0 saturated heterocycles. The molecule has 1 fully saturated rings. The predicted octanol–water partition coefficient (Wildman–Crippen LogP) is 2.94. The molecular weight excluding hydrogens is 220 g/mol. The van der Waals surface area contributed by atoms with E-state index in [4.69, 9.17) is 5.73 Å². The molecule has 0 spiro atoms. The third kappa shape index (κ3) is 3.12. The van der Waals surface area contributed by atoms with Gasteiger partial charge in [-0.25, -0.2) is 0 Å². The summed E-state index contributed by atoms with van der Waals surface area (Å²) in [4.78, 5) is 0. The van der Waals surface area contributed by atoms with E-state index in [1.165, 1.54) is 29.5 Å². The van der Waals surface area contributed by atoms with Crippen molar-refractivity contribution in [3.63, 3.8) is 0 Å². The Morgan fingerprint density at radius 3 is 2.39 bits per heavy atom. The molecule has 0 aliphatic heterocycles. The maximum atomic E-state index is 5.96. The van der Waals surface area contributed by atoms with Crippen LogP contribution < -0.4 is 11.1 Å². The minimum absolute atomic E-state index is 0.299. The molecule has 2 unspecified atom stereocenters. The smallest absolute Gasteiger partial charge is 0.0449 e. The van der Waals surface area contributed by atoms with Crippen LogP contribution >= 0.6 is 0 Å². The zero-order valence-electron chi connectivity index (χ0n) is 11.9. The summed E-state index contributed by atoms with van der Waals surface area (Å²) in [6.45, 7) is 8.46. The Bertz CT molecular complexity index is 376. The van der Waals surface area contributed by atoms with E-state index in [-0.39, 0.29) is 0 Å². The number of hydrogen-bond acceptors (Lipinski definition) is 2. The molecule has 3 N–H and O–H groups in total. The van der Waals surface area contributed by atoms with Crippen LogP contribution in [0.3, 0.4) is 0 Å². The normalized spacial score (nSPS) is 18.7. The van der Waals surface area contributed by atoms with Gasteiger partial charge in [-0.3, -0.25) is 0 Å². The molecule has 1 aliphatic carbocycles. The second-order valence-corrected chi connectivity index (χ2v) is 5.82. The lowest BCUT2D eigenvalue weighted by Gasteiger charge is -2.23. The fourth-order valence-electron chi connectivity index (χ4n) is 2.84. The maximum Gasteiger partial charge on any atom is 0.0449 e. The van der Waals surface area contributed by atoms with Gasteiger partial charge in [0.1, 0.15) is 0 Å². The van der Waals surface area contributed by atoms with Crippen LogP contribution in [-0.2, 0) is 0 Å². The molecular formula is C16H26N2. The molecule has 100 valence electrons. The van der Waals surface area contributed by atoms with Crippen LogP contribution in [0.5, 0.6) is 0 Å². The van der Waals surface area contributed by atoms with Crippen LogP contribution in [0.25, 0.3) is 0 Å². The first-order chi connectivity index (χ1) is 8.63. The van der Waals surface area contributed by atoms with E-state index < -0.39 is 0 Å². The van der Waals surface area contributed by atoms with Gasteiger partial charge in [-0.2, -0.15) is 0 Å². The van der Waals surface area contributed by atoms with Crippen molar-refractivity contribution in [2.75, 3.05) is 13.1 Å². The van der Waals surface area contributed by atoms with Crippen LogP contribution in [0.15, 0.2) is 18.2 Å². The van der Waals surface area contributed by atoms with Gasteiger partial charge in [0.05, 0.1) is 0 Å². The van der Waals surface area contributed by atoms with Crippen molar-refractivity contribution in [3.05, 3.63) is 34.9 Å². The van der Waals surface area contributed by atoms with E-state index >= 15 is 0 Å². The van der Waals surface area contributed by atoms with Gasteiger partial charge in [0.2, 0.25) is 0 Å². The van der Waals surface area contributed by atoms with Crippen LogP contribution in [0.2, 0.25) is 0 Å². The largest absolute Gasteiger partial charge is 0.329 e. The van der Waals surface area contributed by atoms with E-state index in [1.54, 1.807) is 0 Å². The predicted molar refractivity (Wildman–Crippen MR) is 77.6 cm³/mol. The Hall–Kier alpha value is -0.860. The first-order valence-corrected chi connectivity index (χ1v) is 7.13. The summed E-state index contributed by atoms with van der Waals surface area (Å²) < 4.78 is 0. The summed E-state index contributed by atoms with van der Waals surface area (Å²) in [5.74, 6) is 1.73. The van der Waals surface area contributed by atoms with E-state index in [1.807, 2.05) is 0 Å². The third-order valence-corrected chi connectivity index (χ3v) is 4.24. The van der Waals surface area contributed by atoms with Crippen molar-refractivity contribution < 1.29 is 0 Å². The summed E-state index contributed by atoms with van der Waals surface area (Å²) in [7, 11) is 0. The van der Waals surface area contributed by atoms with Crippen molar-refractivity contribution in [2.45, 2.75) is 39.7 Å². The van der Waals surface area contributed by atoms with E-state index in [9.17, 15) is 0 Å². The highest BCUT2D eigenvalue weighted by Crippen LogP contribution is 2.36. The summed E-state index contributed by atoms with van der Waals surface area (Å²) in [6.07, 6.45) is 2.83. The van der Waals surface area contributed by atoms with E-state index in [0.717, 1.165) is 18.4 Å². The minimum Gasteiger partial charge on any atom is -0.329 e. The Morgan fingerprint density at radius 1 is 1.28 bits per heavy atom. The second kappa shape index (κ2) is 5.85. The zero-order valence-corrected chi connectivity index (χ0v) is 11.9. The number of benzene rings is 1. The van der Waals surface area contributed by atoms with Crippen LogP contribution in [-0.4, -0.2) is 13.1 Å². The Labute approximate surface area is 111 Å². The van der Waals surface area contributed by atoms with Crippen molar-refractivity contribution in [1.29, 1.82) is 0 Å². The molecule has 2 nitrogen and oxygen atoms in total. The van der Waals surface area contributed by atoms with E-state index in [0.29, 0.717) is 12.6 Å². The average molecular weight is 246 g/mol. The van der Waals surface area contributed by atoms with Gasteiger partial charge in [0.15, 0.2) is 0 Å². The van der Waals surface area contributed by atoms with E-state index in [2.05, 4.69) is 44.3 Å². The highest BCUT2D eigenvalue weighted by Gasteiger charge is 2.28. The second-order valence-electron chi connectivity index (χ2n) is 5.82. The Balaban J connectivity index is 2.02. The van der Waals surface area contributed by atoms with Crippen molar-refractivity contribution in [1.82, 2.24) is 5.32 Å². The minimum atomic E-state index is 0.299. The lowest BCUT2D eigenvalue weighted by Crippen LogP contribution is -2.33. The van der Waals surface area contributed by atoms with Crippen molar-refractivity contribution in [3.8, 4) is 0 Å². The molecule has 1 aromatic rings. The van der Waals surface area contributed by atoms with Gasteiger partial charge < -0.3 is 11.1 Å². The number of hydrogen-bond donors (Lipinski definition) is 2.